The minimum absolute atomic E-state index is 0.367. The van der Waals surface area contributed by atoms with Crippen molar-refractivity contribution < 1.29 is 14.2 Å². The normalized spacial score (nSPS) is 21.7. The monoisotopic (exact) mass is 335 g/mol. The van der Waals surface area contributed by atoms with E-state index in [1.54, 1.807) is 33.5 Å². The van der Waals surface area contributed by atoms with E-state index >= 15 is 0 Å². The summed E-state index contributed by atoms with van der Waals surface area (Å²) in [5.41, 5.74) is 6.30. The fraction of sp³-hybridized carbons (Fsp3) is 0.238. The van der Waals surface area contributed by atoms with Crippen LogP contribution in [0.5, 0.6) is 0 Å². The van der Waals surface area contributed by atoms with Crippen molar-refractivity contribution in [3.8, 4) is 23.7 Å². The third kappa shape index (κ3) is 4.14. The summed E-state index contributed by atoms with van der Waals surface area (Å²) >= 11 is 0. The van der Waals surface area contributed by atoms with E-state index in [1.165, 1.54) is 0 Å². The molecule has 1 aromatic rings. The Morgan fingerprint density at radius 1 is 1.12 bits per heavy atom. The molecule has 2 atom stereocenters. The molecule has 25 heavy (non-hydrogen) atoms. The van der Waals surface area contributed by atoms with Crippen LogP contribution in [0.15, 0.2) is 60.4 Å². The Morgan fingerprint density at radius 3 is 2.56 bits per heavy atom. The third-order valence-corrected chi connectivity index (χ3v) is 3.77. The molecule has 1 aromatic carbocycles. The van der Waals surface area contributed by atoms with Crippen molar-refractivity contribution in [1.29, 1.82) is 0 Å². The highest BCUT2D eigenvalue weighted by Gasteiger charge is 2.43. The molecule has 0 bridgehead atoms. The lowest BCUT2D eigenvalue weighted by molar-refractivity contribution is -0.0628. The molecular formula is C21H21NO3. The van der Waals surface area contributed by atoms with Crippen molar-refractivity contribution in [3.63, 3.8) is 0 Å². The minimum atomic E-state index is -0.986. The Kier molecular flexibility index (Phi) is 6.48. The number of hydrogen-bond acceptors (Lipinski definition) is 4. The molecule has 1 aliphatic rings. The van der Waals surface area contributed by atoms with Crippen LogP contribution >= 0.6 is 0 Å². The van der Waals surface area contributed by atoms with Crippen molar-refractivity contribution in [2.75, 3.05) is 27.1 Å². The van der Waals surface area contributed by atoms with E-state index in [4.69, 9.17) is 19.9 Å². The van der Waals surface area contributed by atoms with Gasteiger partial charge in [-0.2, -0.15) is 0 Å². The Morgan fingerprint density at radius 2 is 1.88 bits per heavy atom. The van der Waals surface area contributed by atoms with Gasteiger partial charge in [-0.15, -0.1) is 0 Å². The number of nitrogens with two attached hydrogens (primary N) is 1. The van der Waals surface area contributed by atoms with Gasteiger partial charge in [-0.1, -0.05) is 48.0 Å². The number of rotatable bonds is 3. The predicted molar refractivity (Wildman–Crippen MR) is 99.4 cm³/mol. The Labute approximate surface area is 149 Å². The molecule has 0 saturated carbocycles. The number of hydrogen-bond donors (Lipinski definition) is 1. The van der Waals surface area contributed by atoms with Gasteiger partial charge in [0.1, 0.15) is 11.9 Å². The number of methoxy groups -OCH3 is 3. The first-order chi connectivity index (χ1) is 12.2. The zero-order valence-corrected chi connectivity index (χ0v) is 14.6. The lowest BCUT2D eigenvalue weighted by atomic mass is 9.90. The average molecular weight is 335 g/mol. The van der Waals surface area contributed by atoms with Crippen LogP contribution in [-0.2, 0) is 14.2 Å². The van der Waals surface area contributed by atoms with Crippen LogP contribution in [0.4, 0.5) is 5.69 Å². The van der Waals surface area contributed by atoms with Crippen LogP contribution < -0.4 is 5.73 Å². The van der Waals surface area contributed by atoms with Crippen LogP contribution in [0, 0.1) is 23.7 Å². The van der Waals surface area contributed by atoms with E-state index in [9.17, 15) is 0 Å². The number of nitrogen functional groups attached to an aromatic ring is 1. The molecule has 0 radical (unpaired) electrons. The summed E-state index contributed by atoms with van der Waals surface area (Å²) < 4.78 is 16.5. The zero-order valence-electron chi connectivity index (χ0n) is 14.6. The topological polar surface area (TPSA) is 53.7 Å². The Hall–Kier alpha value is -2.92. The molecule has 1 aliphatic carbocycles. The van der Waals surface area contributed by atoms with E-state index in [0.29, 0.717) is 11.4 Å². The van der Waals surface area contributed by atoms with E-state index < -0.39 is 5.60 Å². The van der Waals surface area contributed by atoms with Gasteiger partial charge in [0.25, 0.3) is 0 Å². The van der Waals surface area contributed by atoms with Crippen molar-refractivity contribution in [3.05, 3.63) is 66.0 Å². The van der Waals surface area contributed by atoms with Gasteiger partial charge in [0.15, 0.2) is 0 Å². The molecule has 4 nitrogen and oxygen atoms in total. The first-order valence-corrected chi connectivity index (χ1v) is 7.72. The molecule has 0 amide bonds. The lowest BCUT2D eigenvalue weighted by Gasteiger charge is -2.35. The predicted octanol–water partition coefficient (Wildman–Crippen LogP) is 2.68. The van der Waals surface area contributed by atoms with Crippen molar-refractivity contribution in [1.82, 2.24) is 0 Å². The van der Waals surface area contributed by atoms with E-state index in [0.717, 1.165) is 5.56 Å². The van der Waals surface area contributed by atoms with Gasteiger partial charge in [0.2, 0.25) is 5.60 Å². The number of ether oxygens (including phenoxy) is 3. The molecule has 0 aromatic heterocycles. The van der Waals surface area contributed by atoms with Crippen molar-refractivity contribution in [2.45, 2.75) is 11.7 Å². The average Bonchev–Trinajstić information content (AvgIpc) is 2.65. The quantitative estimate of drug-likeness (QED) is 0.682. The van der Waals surface area contributed by atoms with Gasteiger partial charge in [-0.05, 0) is 30.4 Å². The molecule has 0 fully saturated rings. The molecule has 2 rings (SSSR count). The molecule has 4 heteroatoms. The smallest absolute Gasteiger partial charge is 0.215 e. The standard InChI is InChI=1S/C21H21NO3/c1-23-19-14-10-15-20(24-2)21(19,25-3)16-9-5-4-6-11-17-12-7-8-13-18(17)22/h4-5,7-8,10,12-15,19H,22H2,1-3H3/b5-4-. The van der Waals surface area contributed by atoms with Gasteiger partial charge >= 0.3 is 0 Å². The number of anilines is 1. The molecule has 128 valence electrons. The summed E-state index contributed by atoms with van der Waals surface area (Å²) in [6.45, 7) is 0. The Bertz CT molecular complexity index is 815. The first-order valence-electron chi connectivity index (χ1n) is 7.72. The highest BCUT2D eigenvalue weighted by Crippen LogP contribution is 2.31. The third-order valence-electron chi connectivity index (χ3n) is 3.77. The molecular weight excluding hydrogens is 314 g/mol. The summed E-state index contributed by atoms with van der Waals surface area (Å²) in [7, 11) is 4.77. The molecule has 0 spiro atoms. The van der Waals surface area contributed by atoms with Crippen LogP contribution in [0.25, 0.3) is 0 Å². The van der Waals surface area contributed by atoms with Crippen LogP contribution in [0.1, 0.15) is 5.56 Å². The summed E-state index contributed by atoms with van der Waals surface area (Å²) in [6, 6.07) is 7.45. The number of allylic oxidation sites excluding steroid dienone is 4. The first kappa shape index (κ1) is 18.4. The summed E-state index contributed by atoms with van der Waals surface area (Å²) in [5.74, 6) is 12.5. The molecule has 2 unspecified atom stereocenters. The largest absolute Gasteiger partial charge is 0.497 e. The maximum atomic E-state index is 5.84. The highest BCUT2D eigenvalue weighted by atomic mass is 16.6. The second kappa shape index (κ2) is 8.80. The van der Waals surface area contributed by atoms with Crippen LogP contribution in [0.2, 0.25) is 0 Å². The Balaban J connectivity index is 2.19. The number of benzene rings is 1. The lowest BCUT2D eigenvalue weighted by Crippen LogP contribution is -2.46. The second-order valence-corrected chi connectivity index (χ2v) is 5.18. The summed E-state index contributed by atoms with van der Waals surface area (Å²) in [4.78, 5) is 0. The van der Waals surface area contributed by atoms with Crippen molar-refractivity contribution >= 4 is 5.69 Å². The van der Waals surface area contributed by atoms with E-state index in [1.807, 2.05) is 42.5 Å². The second-order valence-electron chi connectivity index (χ2n) is 5.18. The molecule has 0 aliphatic heterocycles. The van der Waals surface area contributed by atoms with Crippen molar-refractivity contribution in [2.24, 2.45) is 0 Å². The van der Waals surface area contributed by atoms with Gasteiger partial charge in [-0.25, -0.2) is 0 Å². The molecule has 0 saturated heterocycles. The fourth-order valence-electron chi connectivity index (χ4n) is 2.47. The maximum Gasteiger partial charge on any atom is 0.215 e. The summed E-state index contributed by atoms with van der Waals surface area (Å²) in [6.07, 6.45) is 8.51. The van der Waals surface area contributed by atoms with Gasteiger partial charge < -0.3 is 19.9 Å². The molecule has 2 N–H and O–H groups in total. The van der Waals surface area contributed by atoms with Gasteiger partial charge in [-0.3, -0.25) is 0 Å². The van der Waals surface area contributed by atoms with Gasteiger partial charge in [0, 0.05) is 25.5 Å². The van der Waals surface area contributed by atoms with Gasteiger partial charge in [0.05, 0.1) is 7.11 Å². The van der Waals surface area contributed by atoms with E-state index in [2.05, 4.69) is 23.7 Å². The summed E-state index contributed by atoms with van der Waals surface area (Å²) in [5, 5.41) is 0. The fourth-order valence-corrected chi connectivity index (χ4v) is 2.47. The maximum absolute atomic E-state index is 5.84. The zero-order chi connectivity index (χ0) is 18.1. The SMILES string of the molecule is COC1=CC=CC(OC)C1(C#C/C=C\C#Cc1ccccc1N)OC. The van der Waals surface area contributed by atoms with E-state index in [-0.39, 0.29) is 6.10 Å². The van der Waals surface area contributed by atoms with Crippen LogP contribution in [-0.4, -0.2) is 33.0 Å². The van der Waals surface area contributed by atoms with Crippen LogP contribution in [0.3, 0.4) is 0 Å². The highest BCUT2D eigenvalue weighted by molar-refractivity contribution is 5.56. The number of para-hydroxylation sites is 1. The minimum Gasteiger partial charge on any atom is -0.497 e. The molecule has 0 heterocycles.